The quantitative estimate of drug-likeness (QED) is 0.635. The van der Waals surface area contributed by atoms with Gasteiger partial charge in [-0.15, -0.1) is 11.3 Å². The molecule has 0 saturated heterocycles. The van der Waals surface area contributed by atoms with Gasteiger partial charge in [-0.2, -0.15) is 8.42 Å². The third kappa shape index (κ3) is 3.53. The van der Waals surface area contributed by atoms with Gasteiger partial charge in [0.05, 0.1) is 11.8 Å². The highest BCUT2D eigenvalue weighted by Gasteiger charge is 2.24. The monoisotopic (exact) mass is 377 g/mol. The Labute approximate surface area is 150 Å². The van der Waals surface area contributed by atoms with Crippen LogP contribution < -0.4 is 5.56 Å². The Morgan fingerprint density at radius 2 is 1.92 bits per heavy atom. The number of rotatable bonds is 5. The van der Waals surface area contributed by atoms with E-state index in [1.165, 1.54) is 11.3 Å². The summed E-state index contributed by atoms with van der Waals surface area (Å²) >= 11 is 1.45. The zero-order chi connectivity index (χ0) is 18.2. The van der Waals surface area contributed by atoms with Crippen molar-refractivity contribution in [2.45, 2.75) is 26.4 Å². The van der Waals surface area contributed by atoms with Gasteiger partial charge in [0.25, 0.3) is 15.7 Å². The molecule has 3 aromatic rings. The number of fused-ring (bicyclic) bond motifs is 1. The molecule has 0 radical (unpaired) electrons. The van der Waals surface area contributed by atoms with Crippen molar-refractivity contribution in [3.05, 3.63) is 63.4 Å². The third-order valence-electron chi connectivity index (χ3n) is 3.98. The highest BCUT2D eigenvalue weighted by Crippen LogP contribution is 2.33. The lowest BCUT2D eigenvalue weighted by Crippen LogP contribution is -2.21. The van der Waals surface area contributed by atoms with Crippen molar-refractivity contribution in [1.29, 1.82) is 0 Å². The lowest BCUT2D eigenvalue weighted by molar-refractivity contribution is 0.212. The van der Waals surface area contributed by atoms with Crippen LogP contribution in [-0.2, 0) is 14.3 Å². The Hall–Kier alpha value is -1.96. The molecular weight excluding hydrogens is 358 g/mol. The van der Waals surface area contributed by atoms with E-state index in [1.807, 2.05) is 55.6 Å². The van der Waals surface area contributed by atoms with E-state index in [0.717, 1.165) is 22.3 Å². The van der Waals surface area contributed by atoms with E-state index in [1.54, 1.807) is 4.40 Å². The summed E-state index contributed by atoms with van der Waals surface area (Å²) in [6.45, 7) is 3.72. The van der Waals surface area contributed by atoms with Gasteiger partial charge >= 0.3 is 0 Å². The molecule has 1 atom stereocenters. The molecule has 2 aromatic heterocycles. The maximum Gasteiger partial charge on any atom is 0.264 e. The van der Waals surface area contributed by atoms with Gasteiger partial charge < -0.3 is 0 Å². The summed E-state index contributed by atoms with van der Waals surface area (Å²) < 4.78 is 30.3. The molecule has 5 nitrogen and oxygen atoms in total. The average Bonchev–Trinajstić information content (AvgIpc) is 2.94. The molecule has 0 aliphatic carbocycles. The van der Waals surface area contributed by atoms with Gasteiger partial charge in [-0.1, -0.05) is 37.3 Å². The largest absolute Gasteiger partial charge is 0.271 e. The van der Waals surface area contributed by atoms with E-state index < -0.39 is 16.2 Å². The molecule has 2 heterocycles. The summed E-state index contributed by atoms with van der Waals surface area (Å²) in [7, 11) is -3.65. The number of pyridine rings is 1. The van der Waals surface area contributed by atoms with Gasteiger partial charge in [-0.25, -0.2) is 0 Å². The van der Waals surface area contributed by atoms with Crippen LogP contribution >= 0.6 is 11.3 Å². The Morgan fingerprint density at radius 1 is 1.24 bits per heavy atom. The summed E-state index contributed by atoms with van der Waals surface area (Å²) in [6.07, 6.45) is 0.760. The fraction of sp³-hybridized carbons (Fsp3) is 0.278. The summed E-state index contributed by atoms with van der Waals surface area (Å²) in [4.78, 5) is 14.0. The first-order valence-corrected chi connectivity index (χ1v) is 10.6. The van der Waals surface area contributed by atoms with Crippen molar-refractivity contribution in [1.82, 2.24) is 4.40 Å². The van der Waals surface area contributed by atoms with Gasteiger partial charge in [-0.05, 0) is 30.5 Å². The van der Waals surface area contributed by atoms with Crippen LogP contribution in [0.3, 0.4) is 0 Å². The molecule has 25 heavy (non-hydrogen) atoms. The summed E-state index contributed by atoms with van der Waals surface area (Å²) in [5, 5.41) is 1.91. The van der Waals surface area contributed by atoms with Crippen LogP contribution in [0, 0.1) is 6.92 Å². The molecule has 0 fully saturated rings. The topological polar surface area (TPSA) is 64.8 Å². The van der Waals surface area contributed by atoms with Crippen molar-refractivity contribution >= 4 is 26.3 Å². The second-order valence-corrected chi connectivity index (χ2v) is 8.38. The van der Waals surface area contributed by atoms with E-state index in [2.05, 4.69) is 0 Å². The first kappa shape index (κ1) is 17.8. The molecule has 0 spiro atoms. The minimum Gasteiger partial charge on any atom is -0.271 e. The summed E-state index contributed by atoms with van der Waals surface area (Å²) in [5.41, 5.74) is 2.53. The van der Waals surface area contributed by atoms with E-state index in [0.29, 0.717) is 17.5 Å². The molecule has 0 bridgehead atoms. The highest BCUT2D eigenvalue weighted by molar-refractivity contribution is 7.86. The van der Waals surface area contributed by atoms with Crippen molar-refractivity contribution in [3.63, 3.8) is 0 Å². The molecule has 1 aromatic carbocycles. The second-order valence-electron chi connectivity index (χ2n) is 5.89. The molecule has 0 aliphatic heterocycles. The van der Waals surface area contributed by atoms with Crippen LogP contribution in [-0.4, -0.2) is 19.1 Å². The smallest absolute Gasteiger partial charge is 0.264 e. The Kier molecular flexibility index (Phi) is 4.81. The van der Waals surface area contributed by atoms with E-state index >= 15 is 0 Å². The van der Waals surface area contributed by atoms with Crippen LogP contribution in [0.25, 0.3) is 16.0 Å². The maximum absolute atomic E-state index is 13.2. The molecule has 7 heteroatoms. The van der Waals surface area contributed by atoms with Crippen LogP contribution in [0.15, 0.2) is 46.6 Å². The average molecular weight is 377 g/mol. The van der Waals surface area contributed by atoms with Crippen LogP contribution in [0.5, 0.6) is 0 Å². The van der Waals surface area contributed by atoms with E-state index in [-0.39, 0.29) is 5.56 Å². The number of hydrogen-bond donors (Lipinski definition) is 0. The van der Waals surface area contributed by atoms with Gasteiger partial charge in [0.1, 0.15) is 10.9 Å². The normalized spacial score (nSPS) is 13.2. The zero-order valence-electron chi connectivity index (χ0n) is 14.2. The number of aryl methyl sites for hydroxylation is 1. The minimum atomic E-state index is -3.65. The lowest BCUT2D eigenvalue weighted by atomic mass is 9.97. The first-order chi connectivity index (χ1) is 11.8. The molecule has 1 unspecified atom stereocenters. The fourth-order valence-corrected chi connectivity index (χ4v) is 4.51. The third-order valence-corrected chi connectivity index (χ3v) is 5.56. The zero-order valence-corrected chi connectivity index (χ0v) is 15.9. The Morgan fingerprint density at radius 3 is 2.52 bits per heavy atom. The molecule has 3 rings (SSSR count). The molecule has 0 aliphatic rings. The molecule has 0 amide bonds. The summed E-state index contributed by atoms with van der Waals surface area (Å²) in [5.74, 6) is 0. The van der Waals surface area contributed by atoms with Crippen LogP contribution in [0.4, 0.5) is 0 Å². The highest BCUT2D eigenvalue weighted by atomic mass is 32.2. The maximum atomic E-state index is 13.2. The van der Waals surface area contributed by atoms with Gasteiger partial charge in [0.2, 0.25) is 0 Å². The van der Waals surface area contributed by atoms with E-state index in [4.69, 9.17) is 4.18 Å². The van der Waals surface area contributed by atoms with Crippen LogP contribution in [0.1, 0.15) is 30.7 Å². The van der Waals surface area contributed by atoms with Crippen molar-refractivity contribution in [3.8, 4) is 11.1 Å². The van der Waals surface area contributed by atoms with Gasteiger partial charge in [0, 0.05) is 11.1 Å². The molecule has 132 valence electrons. The standard InChI is InChI=1S/C18H19NO4S2/c1-4-15(23-25(3,21)22)14-10-16-19(12(2)11-24-16)18(20)17(14)13-8-6-5-7-9-13/h5-11,15H,4H2,1-3H3. The summed E-state index contributed by atoms with van der Waals surface area (Å²) in [6, 6.07) is 11.1. The van der Waals surface area contributed by atoms with Gasteiger partial charge in [-0.3, -0.25) is 13.4 Å². The number of nitrogens with zero attached hydrogens (tertiary/aromatic N) is 1. The predicted octanol–water partition coefficient (Wildman–Crippen LogP) is 3.76. The molecule has 0 N–H and O–H groups in total. The SMILES string of the molecule is CCC(OS(C)(=O)=O)c1cc2scc(C)n2c(=O)c1-c1ccccc1. The number of benzene rings is 1. The van der Waals surface area contributed by atoms with Crippen molar-refractivity contribution in [2.75, 3.05) is 6.26 Å². The number of aromatic nitrogens is 1. The Balaban J connectivity index is 2.35. The van der Waals surface area contributed by atoms with E-state index in [9.17, 15) is 13.2 Å². The first-order valence-electron chi connectivity index (χ1n) is 7.89. The lowest BCUT2D eigenvalue weighted by Gasteiger charge is -2.19. The molecular formula is C18H19NO4S2. The fourth-order valence-electron chi connectivity index (χ4n) is 2.92. The van der Waals surface area contributed by atoms with Crippen molar-refractivity contribution < 1.29 is 12.6 Å². The number of thiazole rings is 1. The minimum absolute atomic E-state index is 0.159. The molecule has 0 saturated carbocycles. The predicted molar refractivity (Wildman–Crippen MR) is 101 cm³/mol. The second kappa shape index (κ2) is 6.74. The van der Waals surface area contributed by atoms with Crippen LogP contribution in [0.2, 0.25) is 0 Å². The Bertz CT molecular complexity index is 1070. The van der Waals surface area contributed by atoms with Crippen molar-refractivity contribution in [2.24, 2.45) is 0 Å². The van der Waals surface area contributed by atoms with Gasteiger partial charge in [0.15, 0.2) is 0 Å². The number of hydrogen-bond acceptors (Lipinski definition) is 5.